The lowest BCUT2D eigenvalue weighted by atomic mass is 10.1. The highest BCUT2D eigenvalue weighted by atomic mass is 79.9. The molecular weight excluding hydrogens is 380 g/mol. The van der Waals surface area contributed by atoms with Crippen molar-refractivity contribution in [3.05, 3.63) is 71.0 Å². The Morgan fingerprint density at radius 1 is 1.00 bits per heavy atom. The fourth-order valence-corrected chi connectivity index (χ4v) is 2.87. The summed E-state index contributed by atoms with van der Waals surface area (Å²) in [4.78, 5) is 8.53. The third kappa shape index (κ3) is 4.93. The molecule has 0 fully saturated rings. The smallest absolute Gasteiger partial charge is 0.135 e. The standard InChI is InChI=1S/C19H19BrN4O/c1-25-17-8-3-2-5-14(17)9-10-21-18-12-19(23-13-22-18)24-16-7-4-6-15(20)11-16/h2-8,11-13H,9-10H2,1H3,(H2,21,22,23,24). The summed E-state index contributed by atoms with van der Waals surface area (Å²) in [5.74, 6) is 2.43. The van der Waals surface area contributed by atoms with Crippen molar-refractivity contribution in [2.45, 2.75) is 6.42 Å². The van der Waals surface area contributed by atoms with Crippen LogP contribution in [0, 0.1) is 0 Å². The molecule has 5 nitrogen and oxygen atoms in total. The van der Waals surface area contributed by atoms with Crippen molar-refractivity contribution in [1.29, 1.82) is 0 Å². The van der Waals surface area contributed by atoms with E-state index < -0.39 is 0 Å². The van der Waals surface area contributed by atoms with Crippen LogP contribution in [0.5, 0.6) is 5.75 Å². The fourth-order valence-electron chi connectivity index (χ4n) is 2.47. The summed E-state index contributed by atoms with van der Waals surface area (Å²) in [6, 6.07) is 17.9. The van der Waals surface area contributed by atoms with Crippen LogP contribution in [0.4, 0.5) is 17.3 Å². The number of aromatic nitrogens is 2. The normalized spacial score (nSPS) is 10.3. The minimum Gasteiger partial charge on any atom is -0.496 e. The minimum absolute atomic E-state index is 0.743. The van der Waals surface area contributed by atoms with Crippen LogP contribution >= 0.6 is 15.9 Å². The number of nitrogens with zero attached hydrogens (tertiary/aromatic N) is 2. The number of methoxy groups -OCH3 is 1. The maximum atomic E-state index is 5.38. The first-order valence-corrected chi connectivity index (χ1v) is 8.74. The van der Waals surface area contributed by atoms with Crippen LogP contribution < -0.4 is 15.4 Å². The molecule has 0 aliphatic carbocycles. The Kier molecular flexibility index (Phi) is 5.85. The van der Waals surface area contributed by atoms with E-state index in [1.165, 1.54) is 5.56 Å². The first-order valence-electron chi connectivity index (χ1n) is 7.95. The van der Waals surface area contributed by atoms with E-state index >= 15 is 0 Å². The van der Waals surface area contributed by atoms with Gasteiger partial charge < -0.3 is 15.4 Å². The van der Waals surface area contributed by atoms with Crippen LogP contribution in [0.2, 0.25) is 0 Å². The van der Waals surface area contributed by atoms with Crippen LogP contribution in [0.3, 0.4) is 0 Å². The number of ether oxygens (including phenoxy) is 1. The van der Waals surface area contributed by atoms with E-state index in [2.05, 4.69) is 42.6 Å². The summed E-state index contributed by atoms with van der Waals surface area (Å²) in [5.41, 5.74) is 2.13. The predicted molar refractivity (Wildman–Crippen MR) is 105 cm³/mol. The molecule has 3 rings (SSSR count). The van der Waals surface area contributed by atoms with E-state index in [1.54, 1.807) is 13.4 Å². The first-order chi connectivity index (χ1) is 12.2. The summed E-state index contributed by atoms with van der Waals surface area (Å²) < 4.78 is 6.39. The summed E-state index contributed by atoms with van der Waals surface area (Å²) in [7, 11) is 1.69. The molecule has 0 amide bonds. The topological polar surface area (TPSA) is 59.1 Å². The van der Waals surface area contributed by atoms with Crippen LogP contribution in [0.25, 0.3) is 0 Å². The summed E-state index contributed by atoms with van der Waals surface area (Å²) in [6.45, 7) is 0.758. The van der Waals surface area contributed by atoms with Gasteiger partial charge in [0.25, 0.3) is 0 Å². The molecular formula is C19H19BrN4O. The second kappa shape index (κ2) is 8.48. The molecule has 25 heavy (non-hydrogen) atoms. The highest BCUT2D eigenvalue weighted by Gasteiger charge is 2.03. The van der Waals surface area contributed by atoms with E-state index in [-0.39, 0.29) is 0 Å². The zero-order chi connectivity index (χ0) is 17.5. The quantitative estimate of drug-likeness (QED) is 0.606. The number of rotatable bonds is 7. The van der Waals surface area contributed by atoms with Gasteiger partial charge in [-0.05, 0) is 36.2 Å². The summed E-state index contributed by atoms with van der Waals surface area (Å²) >= 11 is 3.46. The molecule has 0 aliphatic heterocycles. The monoisotopic (exact) mass is 398 g/mol. The lowest BCUT2D eigenvalue weighted by Gasteiger charge is -2.10. The van der Waals surface area contributed by atoms with Gasteiger partial charge in [0.2, 0.25) is 0 Å². The zero-order valence-corrected chi connectivity index (χ0v) is 15.5. The van der Waals surface area contributed by atoms with Crippen molar-refractivity contribution in [3.63, 3.8) is 0 Å². The lowest BCUT2D eigenvalue weighted by Crippen LogP contribution is -2.08. The van der Waals surface area contributed by atoms with E-state index in [4.69, 9.17) is 4.74 Å². The van der Waals surface area contributed by atoms with Crippen LogP contribution in [0.1, 0.15) is 5.56 Å². The average molecular weight is 399 g/mol. The number of halogens is 1. The number of anilines is 3. The van der Waals surface area contributed by atoms with E-state index in [0.717, 1.165) is 40.5 Å². The molecule has 0 radical (unpaired) electrons. The Bertz CT molecular complexity index is 841. The third-order valence-corrected chi connectivity index (χ3v) is 4.15. The van der Waals surface area contributed by atoms with Gasteiger partial charge in [-0.2, -0.15) is 0 Å². The van der Waals surface area contributed by atoms with Gasteiger partial charge in [0.05, 0.1) is 7.11 Å². The molecule has 0 aliphatic rings. The van der Waals surface area contributed by atoms with Gasteiger partial charge in [0.1, 0.15) is 23.7 Å². The van der Waals surface area contributed by atoms with Crippen LogP contribution in [-0.4, -0.2) is 23.6 Å². The molecule has 2 aromatic carbocycles. The van der Waals surface area contributed by atoms with Crippen molar-refractivity contribution in [1.82, 2.24) is 9.97 Å². The van der Waals surface area contributed by atoms with Gasteiger partial charge in [-0.3, -0.25) is 0 Å². The summed E-state index contributed by atoms with van der Waals surface area (Å²) in [6.07, 6.45) is 2.40. The molecule has 0 saturated heterocycles. The van der Waals surface area contributed by atoms with Gasteiger partial charge in [-0.25, -0.2) is 9.97 Å². The van der Waals surface area contributed by atoms with Crippen LogP contribution in [0.15, 0.2) is 65.4 Å². The number of hydrogen-bond donors (Lipinski definition) is 2. The molecule has 0 saturated carbocycles. The molecule has 0 spiro atoms. The predicted octanol–water partition coefficient (Wildman–Crippen LogP) is 4.65. The van der Waals surface area contributed by atoms with Crippen molar-refractivity contribution in [3.8, 4) is 5.75 Å². The Balaban J connectivity index is 1.60. The highest BCUT2D eigenvalue weighted by Crippen LogP contribution is 2.21. The van der Waals surface area contributed by atoms with Crippen molar-refractivity contribution in [2.24, 2.45) is 0 Å². The number of nitrogens with one attached hydrogen (secondary N) is 2. The fraction of sp³-hybridized carbons (Fsp3) is 0.158. The Morgan fingerprint density at radius 2 is 1.84 bits per heavy atom. The molecule has 2 N–H and O–H groups in total. The zero-order valence-electron chi connectivity index (χ0n) is 13.9. The van der Waals surface area contributed by atoms with E-state index in [9.17, 15) is 0 Å². The largest absolute Gasteiger partial charge is 0.496 e. The first kappa shape index (κ1) is 17.2. The van der Waals surface area contributed by atoms with Gasteiger partial charge in [-0.1, -0.05) is 40.2 Å². The molecule has 1 heterocycles. The Morgan fingerprint density at radius 3 is 2.68 bits per heavy atom. The maximum absolute atomic E-state index is 5.38. The lowest BCUT2D eigenvalue weighted by molar-refractivity contribution is 0.410. The van der Waals surface area contributed by atoms with E-state index in [1.807, 2.05) is 48.5 Å². The Labute approximate surface area is 155 Å². The summed E-state index contributed by atoms with van der Waals surface area (Å²) in [5, 5.41) is 6.60. The van der Waals surface area contributed by atoms with Crippen molar-refractivity contribution in [2.75, 3.05) is 24.3 Å². The number of para-hydroxylation sites is 1. The van der Waals surface area contributed by atoms with Gasteiger partial charge in [0, 0.05) is 22.8 Å². The number of benzene rings is 2. The molecule has 0 atom stereocenters. The maximum Gasteiger partial charge on any atom is 0.135 e. The second-order valence-corrected chi connectivity index (χ2v) is 6.33. The number of hydrogen-bond acceptors (Lipinski definition) is 5. The molecule has 3 aromatic rings. The van der Waals surface area contributed by atoms with Gasteiger partial charge in [0.15, 0.2) is 0 Å². The SMILES string of the molecule is COc1ccccc1CCNc1cc(Nc2cccc(Br)c2)ncn1. The highest BCUT2D eigenvalue weighted by molar-refractivity contribution is 9.10. The molecule has 0 unspecified atom stereocenters. The second-order valence-electron chi connectivity index (χ2n) is 5.41. The van der Waals surface area contributed by atoms with Crippen molar-refractivity contribution >= 4 is 33.3 Å². The minimum atomic E-state index is 0.743. The van der Waals surface area contributed by atoms with Gasteiger partial charge >= 0.3 is 0 Å². The van der Waals surface area contributed by atoms with Crippen LogP contribution in [-0.2, 0) is 6.42 Å². The Hall–Kier alpha value is -2.60. The van der Waals surface area contributed by atoms with Crippen molar-refractivity contribution < 1.29 is 4.74 Å². The van der Waals surface area contributed by atoms with E-state index in [0.29, 0.717) is 0 Å². The third-order valence-electron chi connectivity index (χ3n) is 3.66. The molecule has 6 heteroatoms. The average Bonchev–Trinajstić information content (AvgIpc) is 2.62. The molecule has 128 valence electrons. The molecule has 1 aromatic heterocycles. The van der Waals surface area contributed by atoms with Gasteiger partial charge in [-0.15, -0.1) is 0 Å². The molecule has 0 bridgehead atoms.